The average molecular weight is 319 g/mol. The van der Waals surface area contributed by atoms with Crippen LogP contribution in [0.2, 0.25) is 0 Å². The number of nitrogens with one attached hydrogen (secondary N) is 1. The highest BCUT2D eigenvalue weighted by Gasteiger charge is 2.09. The van der Waals surface area contributed by atoms with Crippen LogP contribution >= 0.6 is 11.3 Å². The molecule has 0 saturated carbocycles. The molecule has 3 heterocycles. The highest BCUT2D eigenvalue weighted by Crippen LogP contribution is 2.26. The second kappa shape index (κ2) is 5.73. The zero-order chi connectivity index (χ0) is 15.6. The summed E-state index contributed by atoms with van der Waals surface area (Å²) >= 11 is 1.52. The number of aromatic nitrogens is 4. The minimum atomic E-state index is 0.727. The van der Waals surface area contributed by atoms with Crippen molar-refractivity contribution in [1.82, 2.24) is 19.9 Å². The molecule has 0 aliphatic carbocycles. The molecule has 4 aromatic rings. The maximum absolute atomic E-state index is 4.63. The molecule has 1 N–H and O–H groups in total. The fourth-order valence-electron chi connectivity index (χ4n) is 2.27. The summed E-state index contributed by atoms with van der Waals surface area (Å²) in [5.41, 5.74) is 4.31. The zero-order valence-corrected chi connectivity index (χ0v) is 13.2. The summed E-state index contributed by atoms with van der Waals surface area (Å²) in [6.07, 6.45) is 1.76. The van der Waals surface area contributed by atoms with Crippen LogP contribution in [-0.4, -0.2) is 19.9 Å². The first-order valence-corrected chi connectivity index (χ1v) is 8.05. The number of hydrogen-bond acceptors (Lipinski definition) is 6. The number of fused-ring (bicyclic) bond motifs is 1. The monoisotopic (exact) mass is 319 g/mol. The lowest BCUT2D eigenvalue weighted by Gasteiger charge is -2.06. The minimum absolute atomic E-state index is 0.727. The van der Waals surface area contributed by atoms with Crippen LogP contribution in [0.3, 0.4) is 0 Å². The number of nitrogens with zero attached hydrogens (tertiary/aromatic N) is 4. The van der Waals surface area contributed by atoms with E-state index in [0.29, 0.717) is 0 Å². The van der Waals surface area contributed by atoms with Crippen LogP contribution < -0.4 is 5.32 Å². The Labute approximate surface area is 137 Å². The molecule has 0 atom stereocenters. The maximum Gasteiger partial charge on any atom is 0.188 e. The molecule has 0 radical (unpaired) electrons. The Bertz CT molecular complexity index is 965. The van der Waals surface area contributed by atoms with Gasteiger partial charge in [-0.2, -0.15) is 0 Å². The molecule has 0 aliphatic heterocycles. The van der Waals surface area contributed by atoms with Crippen LogP contribution in [0.15, 0.2) is 54.0 Å². The lowest BCUT2D eigenvalue weighted by atomic mass is 10.3. The number of pyridine rings is 1. The van der Waals surface area contributed by atoms with Crippen LogP contribution in [-0.2, 0) is 0 Å². The number of para-hydroxylation sites is 2. The molecule has 3 aromatic heterocycles. The van der Waals surface area contributed by atoms with Crippen molar-refractivity contribution in [2.45, 2.75) is 6.92 Å². The fourth-order valence-corrected chi connectivity index (χ4v) is 2.97. The number of benzene rings is 1. The zero-order valence-electron chi connectivity index (χ0n) is 12.4. The third-order valence-electron chi connectivity index (χ3n) is 3.40. The minimum Gasteiger partial charge on any atom is -0.315 e. The van der Waals surface area contributed by atoms with Crippen LogP contribution in [0, 0.1) is 6.92 Å². The van der Waals surface area contributed by atoms with Gasteiger partial charge in [0.2, 0.25) is 0 Å². The van der Waals surface area contributed by atoms with Gasteiger partial charge in [0.15, 0.2) is 10.9 Å². The van der Waals surface area contributed by atoms with Crippen LogP contribution in [0.1, 0.15) is 5.69 Å². The molecular weight excluding hydrogens is 306 g/mol. The third kappa shape index (κ3) is 2.76. The molecule has 0 saturated heterocycles. The Kier molecular flexibility index (Phi) is 3.44. The molecule has 0 amide bonds. The van der Waals surface area contributed by atoms with Crippen molar-refractivity contribution in [2.75, 3.05) is 5.32 Å². The molecule has 6 heteroatoms. The van der Waals surface area contributed by atoms with Crippen LogP contribution in [0.4, 0.5) is 10.9 Å². The molecule has 0 bridgehead atoms. The molecule has 0 fully saturated rings. The van der Waals surface area contributed by atoms with E-state index in [4.69, 9.17) is 0 Å². The SMILES string of the molecule is Cc1nc2ccccc2nc1Nc1nc(-c2ccccn2)cs1. The van der Waals surface area contributed by atoms with Gasteiger partial charge in [-0.05, 0) is 31.2 Å². The summed E-state index contributed by atoms with van der Waals surface area (Å²) in [7, 11) is 0. The number of anilines is 2. The Balaban J connectivity index is 1.66. The van der Waals surface area contributed by atoms with E-state index in [0.717, 1.165) is 39.1 Å². The van der Waals surface area contributed by atoms with E-state index in [9.17, 15) is 0 Å². The summed E-state index contributed by atoms with van der Waals surface area (Å²) in [4.78, 5) is 18.1. The van der Waals surface area contributed by atoms with Crippen LogP contribution in [0.5, 0.6) is 0 Å². The van der Waals surface area contributed by atoms with Crippen molar-refractivity contribution < 1.29 is 0 Å². The molecule has 23 heavy (non-hydrogen) atoms. The summed E-state index contributed by atoms with van der Waals surface area (Å²) in [5.74, 6) is 0.727. The largest absolute Gasteiger partial charge is 0.315 e. The second-order valence-electron chi connectivity index (χ2n) is 5.02. The van der Waals surface area contributed by atoms with Gasteiger partial charge in [0.25, 0.3) is 0 Å². The van der Waals surface area contributed by atoms with Gasteiger partial charge in [0.1, 0.15) is 5.69 Å². The smallest absolute Gasteiger partial charge is 0.188 e. The molecular formula is C17H13N5S. The number of thiazole rings is 1. The quantitative estimate of drug-likeness (QED) is 0.613. The first-order valence-electron chi connectivity index (χ1n) is 7.17. The number of aryl methyl sites for hydroxylation is 1. The van der Waals surface area contributed by atoms with E-state index in [1.165, 1.54) is 11.3 Å². The standard InChI is InChI=1S/C17H13N5S/c1-11-16(20-14-8-3-2-7-13(14)19-11)22-17-21-15(10-23-17)12-6-4-5-9-18-12/h2-10H,1H3,(H,20,21,22). The fraction of sp³-hybridized carbons (Fsp3) is 0.0588. The van der Waals surface area contributed by atoms with Gasteiger partial charge < -0.3 is 5.32 Å². The lowest BCUT2D eigenvalue weighted by molar-refractivity contribution is 1.18. The first kappa shape index (κ1) is 13.8. The summed E-state index contributed by atoms with van der Waals surface area (Å²) < 4.78 is 0. The Morgan fingerprint density at radius 2 is 1.65 bits per heavy atom. The van der Waals surface area contributed by atoms with Gasteiger partial charge in [-0.15, -0.1) is 11.3 Å². The van der Waals surface area contributed by atoms with Crippen molar-refractivity contribution in [3.05, 3.63) is 59.7 Å². The second-order valence-corrected chi connectivity index (χ2v) is 5.88. The van der Waals surface area contributed by atoms with E-state index in [1.807, 2.05) is 54.8 Å². The lowest BCUT2D eigenvalue weighted by Crippen LogP contribution is -1.99. The van der Waals surface area contributed by atoms with Crippen LogP contribution in [0.25, 0.3) is 22.4 Å². The van der Waals surface area contributed by atoms with Gasteiger partial charge >= 0.3 is 0 Å². The first-order chi connectivity index (χ1) is 11.3. The molecule has 0 aliphatic rings. The molecule has 112 valence electrons. The van der Waals surface area contributed by atoms with E-state index in [2.05, 4.69) is 25.3 Å². The molecule has 1 aromatic carbocycles. The van der Waals surface area contributed by atoms with E-state index >= 15 is 0 Å². The molecule has 0 spiro atoms. The van der Waals surface area contributed by atoms with Crippen molar-refractivity contribution in [2.24, 2.45) is 0 Å². The predicted octanol–water partition coefficient (Wildman–Crippen LogP) is 4.20. The van der Waals surface area contributed by atoms with E-state index in [1.54, 1.807) is 6.20 Å². The predicted molar refractivity (Wildman–Crippen MR) is 92.9 cm³/mol. The maximum atomic E-state index is 4.63. The number of rotatable bonds is 3. The molecule has 5 nitrogen and oxygen atoms in total. The Hall–Kier alpha value is -2.86. The van der Waals surface area contributed by atoms with Gasteiger partial charge in [-0.1, -0.05) is 18.2 Å². The van der Waals surface area contributed by atoms with Crippen molar-refractivity contribution in [3.8, 4) is 11.4 Å². The summed E-state index contributed by atoms with van der Waals surface area (Å²) in [5, 5.41) is 6.02. The Morgan fingerprint density at radius 1 is 0.870 bits per heavy atom. The topological polar surface area (TPSA) is 63.6 Å². The van der Waals surface area contributed by atoms with Gasteiger partial charge in [0.05, 0.1) is 22.4 Å². The third-order valence-corrected chi connectivity index (χ3v) is 4.16. The highest BCUT2D eigenvalue weighted by molar-refractivity contribution is 7.14. The van der Waals surface area contributed by atoms with Gasteiger partial charge in [-0.3, -0.25) is 4.98 Å². The van der Waals surface area contributed by atoms with E-state index < -0.39 is 0 Å². The Morgan fingerprint density at radius 3 is 2.43 bits per heavy atom. The summed E-state index contributed by atoms with van der Waals surface area (Å²) in [6, 6.07) is 13.6. The summed E-state index contributed by atoms with van der Waals surface area (Å²) in [6.45, 7) is 1.94. The van der Waals surface area contributed by atoms with Gasteiger partial charge in [-0.25, -0.2) is 15.0 Å². The molecule has 0 unspecified atom stereocenters. The van der Waals surface area contributed by atoms with Gasteiger partial charge in [0, 0.05) is 11.6 Å². The highest BCUT2D eigenvalue weighted by atomic mass is 32.1. The molecule has 4 rings (SSSR count). The van der Waals surface area contributed by atoms with Crippen molar-refractivity contribution >= 4 is 33.3 Å². The van der Waals surface area contributed by atoms with Crippen molar-refractivity contribution in [1.29, 1.82) is 0 Å². The van der Waals surface area contributed by atoms with E-state index in [-0.39, 0.29) is 0 Å². The normalized spacial score (nSPS) is 10.8. The number of hydrogen-bond donors (Lipinski definition) is 1. The van der Waals surface area contributed by atoms with Crippen molar-refractivity contribution in [3.63, 3.8) is 0 Å². The average Bonchev–Trinajstić information content (AvgIpc) is 3.05.